The summed E-state index contributed by atoms with van der Waals surface area (Å²) in [6, 6.07) is 2.33. The third-order valence-electron chi connectivity index (χ3n) is 11.0. The van der Waals surface area contributed by atoms with Crippen LogP contribution in [0.3, 0.4) is 0 Å². The molecule has 0 amide bonds. The standard InChI is InChI=1S/C34H40ClFN8O3.2CH3F/c1-37-21-5-2-9-43(17-21)32-24-15-38-31(29(36)30(24)40-33(41-32)47-18-34-7-3-10-44(34)11-4-8-34)28-23-16-39-42-26(23)14-25(35)27(28)22-13-20(22)6-12-46-19-45;2*1-2/h14-16,19-22,37H,2-13,17-18H2,1H3,(H,39,42);2*1H3. The first-order valence-corrected chi connectivity index (χ1v) is 18.0. The van der Waals surface area contributed by atoms with E-state index in [0.717, 1.165) is 82.1 Å². The van der Waals surface area contributed by atoms with Crippen molar-refractivity contribution in [2.24, 2.45) is 5.92 Å². The first-order valence-electron chi connectivity index (χ1n) is 17.6. The van der Waals surface area contributed by atoms with Gasteiger partial charge in [-0.3, -0.25) is 28.6 Å². The molecule has 0 spiro atoms. The number of hydrogen-bond acceptors (Lipinski definition) is 10. The number of hydrogen-bond donors (Lipinski definition) is 2. The average molecular weight is 731 g/mol. The number of carbonyl (C=O) groups is 1. The fourth-order valence-electron chi connectivity index (χ4n) is 8.45. The lowest BCUT2D eigenvalue weighted by molar-refractivity contribution is -0.128. The van der Waals surface area contributed by atoms with Crippen LogP contribution in [0.5, 0.6) is 6.01 Å². The van der Waals surface area contributed by atoms with Crippen molar-refractivity contribution in [1.29, 1.82) is 0 Å². The quantitative estimate of drug-likeness (QED) is 0.133. The molecule has 6 heterocycles. The molecule has 2 N–H and O–H groups in total. The predicted molar refractivity (Wildman–Crippen MR) is 191 cm³/mol. The van der Waals surface area contributed by atoms with Gasteiger partial charge in [0.05, 0.1) is 43.6 Å². The molecule has 51 heavy (non-hydrogen) atoms. The smallest absolute Gasteiger partial charge is 0.319 e. The number of anilines is 1. The molecule has 3 atom stereocenters. The first-order chi connectivity index (χ1) is 25.0. The molecule has 3 unspecified atom stereocenters. The highest BCUT2D eigenvalue weighted by Gasteiger charge is 2.45. The molecular weight excluding hydrogens is 685 g/mol. The van der Waals surface area contributed by atoms with E-state index in [-0.39, 0.29) is 34.6 Å². The zero-order valence-corrected chi connectivity index (χ0v) is 30.1. The van der Waals surface area contributed by atoms with E-state index in [9.17, 15) is 13.6 Å². The Morgan fingerprint density at radius 1 is 1.10 bits per heavy atom. The number of ether oxygens (including phenoxy) is 2. The fourth-order valence-corrected chi connectivity index (χ4v) is 8.79. The minimum atomic E-state index is -0.535. The maximum absolute atomic E-state index is 17.2. The molecule has 4 fully saturated rings. The van der Waals surface area contributed by atoms with Crippen molar-refractivity contribution in [3.63, 3.8) is 0 Å². The van der Waals surface area contributed by atoms with Crippen molar-refractivity contribution in [2.45, 2.75) is 68.9 Å². The van der Waals surface area contributed by atoms with Crippen LogP contribution in [0.15, 0.2) is 18.5 Å². The van der Waals surface area contributed by atoms with Gasteiger partial charge >= 0.3 is 6.01 Å². The zero-order chi connectivity index (χ0) is 36.1. The summed E-state index contributed by atoms with van der Waals surface area (Å²) in [7, 11) is 2.97. The van der Waals surface area contributed by atoms with Gasteiger partial charge in [-0.25, -0.2) is 4.39 Å². The third-order valence-corrected chi connectivity index (χ3v) is 11.3. The number of aromatic nitrogens is 5. The Morgan fingerprint density at radius 2 is 1.88 bits per heavy atom. The van der Waals surface area contributed by atoms with E-state index in [2.05, 4.69) is 25.3 Å². The summed E-state index contributed by atoms with van der Waals surface area (Å²) >= 11 is 6.93. The molecule has 1 aromatic carbocycles. The SMILES string of the molecule is CF.CF.CNC1CCCN(c2nc(OCC34CCCN3CCC4)nc3c(F)c(-c4c(C5CC5CCOC=O)c(Cl)cc5[nH]ncc45)ncc23)C1. The number of piperidine rings is 1. The summed E-state index contributed by atoms with van der Waals surface area (Å²) in [4.78, 5) is 29.9. The summed E-state index contributed by atoms with van der Waals surface area (Å²) in [5, 5.41) is 12.5. The van der Waals surface area contributed by atoms with Gasteiger partial charge in [0.2, 0.25) is 0 Å². The van der Waals surface area contributed by atoms with Gasteiger partial charge in [-0.05, 0) is 95.0 Å². The number of nitrogens with zero attached hydrogens (tertiary/aromatic N) is 6. The van der Waals surface area contributed by atoms with E-state index >= 15 is 4.39 Å². The number of H-pyrrole nitrogens is 1. The molecule has 0 bridgehead atoms. The number of halogens is 4. The van der Waals surface area contributed by atoms with Crippen LogP contribution in [0.2, 0.25) is 5.02 Å². The predicted octanol–water partition coefficient (Wildman–Crippen LogP) is 6.39. The van der Waals surface area contributed by atoms with E-state index < -0.39 is 5.82 Å². The normalized spacial score (nSPS) is 22.2. The third kappa shape index (κ3) is 7.19. The van der Waals surface area contributed by atoms with Gasteiger partial charge in [0.1, 0.15) is 23.6 Å². The van der Waals surface area contributed by atoms with Gasteiger partial charge < -0.3 is 19.7 Å². The molecule has 276 valence electrons. The zero-order valence-electron chi connectivity index (χ0n) is 29.4. The van der Waals surface area contributed by atoms with Crippen molar-refractivity contribution in [3.05, 3.63) is 34.9 Å². The van der Waals surface area contributed by atoms with Crippen LogP contribution in [0.4, 0.5) is 19.0 Å². The first kappa shape index (κ1) is 37.0. The second-order valence-corrected chi connectivity index (χ2v) is 14.0. The molecule has 3 aliphatic heterocycles. The van der Waals surface area contributed by atoms with E-state index in [1.54, 1.807) is 12.4 Å². The highest BCUT2D eigenvalue weighted by atomic mass is 35.5. The molecule has 1 aliphatic carbocycles. The van der Waals surface area contributed by atoms with Crippen molar-refractivity contribution >= 4 is 45.7 Å². The van der Waals surface area contributed by atoms with Gasteiger partial charge in [0.25, 0.3) is 6.47 Å². The Bertz CT molecular complexity index is 1820. The molecule has 11 nitrogen and oxygen atoms in total. The second kappa shape index (κ2) is 16.3. The van der Waals surface area contributed by atoms with Crippen molar-refractivity contribution in [1.82, 2.24) is 35.4 Å². The summed E-state index contributed by atoms with van der Waals surface area (Å²) < 4.78 is 47.6. The highest BCUT2D eigenvalue weighted by Crippen LogP contribution is 2.55. The molecule has 15 heteroatoms. The molecule has 0 radical (unpaired) electrons. The fraction of sp³-hybridized carbons (Fsp3) is 0.583. The van der Waals surface area contributed by atoms with E-state index in [1.165, 1.54) is 0 Å². The van der Waals surface area contributed by atoms with Gasteiger partial charge in [-0.15, -0.1) is 0 Å². The molecule has 3 aromatic heterocycles. The lowest BCUT2D eigenvalue weighted by Crippen LogP contribution is -2.45. The number of pyridine rings is 1. The van der Waals surface area contributed by atoms with Gasteiger partial charge in [0.15, 0.2) is 5.82 Å². The summed E-state index contributed by atoms with van der Waals surface area (Å²) in [5.41, 5.74) is 2.52. The second-order valence-electron chi connectivity index (χ2n) is 13.6. The Morgan fingerprint density at radius 3 is 2.63 bits per heavy atom. The minimum absolute atomic E-state index is 0.00290. The number of likely N-dealkylation sites (N-methyl/N-ethyl adjacent to an activating group) is 1. The number of rotatable bonds is 11. The number of nitrogens with one attached hydrogen (secondary N) is 2. The molecule has 8 rings (SSSR count). The highest BCUT2D eigenvalue weighted by molar-refractivity contribution is 6.33. The lowest BCUT2D eigenvalue weighted by atomic mass is 9.94. The Kier molecular flexibility index (Phi) is 11.8. The van der Waals surface area contributed by atoms with Gasteiger partial charge in [-0.1, -0.05) is 11.6 Å². The van der Waals surface area contributed by atoms with E-state index in [0.29, 0.717) is 73.8 Å². The summed E-state index contributed by atoms with van der Waals surface area (Å²) in [6.07, 6.45) is 11.5. The average Bonchev–Trinajstić information content (AvgIpc) is 3.43. The Hall–Kier alpha value is -3.75. The molecule has 1 saturated carbocycles. The molecule has 3 saturated heterocycles. The number of carbonyl (C=O) groups excluding carboxylic acids is 1. The Labute approximate surface area is 300 Å². The number of aromatic amines is 1. The molecule has 4 aliphatic rings. The van der Waals surface area contributed by atoms with Crippen LogP contribution in [0.1, 0.15) is 62.8 Å². The number of alkyl halides is 2. The van der Waals surface area contributed by atoms with E-state index in [4.69, 9.17) is 36.0 Å². The van der Waals surface area contributed by atoms with Crippen molar-refractivity contribution < 1.29 is 27.4 Å². The number of benzene rings is 1. The van der Waals surface area contributed by atoms with Crippen LogP contribution in [0.25, 0.3) is 33.1 Å². The van der Waals surface area contributed by atoms with Crippen LogP contribution in [-0.4, -0.2) is 109 Å². The maximum Gasteiger partial charge on any atom is 0.319 e. The topological polar surface area (TPSA) is 121 Å². The summed E-state index contributed by atoms with van der Waals surface area (Å²) in [6.45, 7) is 5.01. The molecular formula is C36H46ClF3N8O3. The van der Waals surface area contributed by atoms with Crippen molar-refractivity contribution in [3.8, 4) is 17.3 Å². The summed E-state index contributed by atoms with van der Waals surface area (Å²) in [5.74, 6) is 0.451. The number of fused-ring (bicyclic) bond motifs is 3. The monoisotopic (exact) mass is 730 g/mol. The van der Waals surface area contributed by atoms with Gasteiger partial charge in [0, 0.05) is 41.3 Å². The largest absolute Gasteiger partial charge is 0.468 e. The van der Waals surface area contributed by atoms with Crippen molar-refractivity contribution in [2.75, 3.05) is 65.7 Å². The lowest BCUT2D eigenvalue weighted by Gasteiger charge is -2.34. The maximum atomic E-state index is 17.2. The molecule has 4 aromatic rings. The van der Waals surface area contributed by atoms with Gasteiger partial charge in [-0.2, -0.15) is 15.1 Å². The van der Waals surface area contributed by atoms with E-state index in [1.807, 2.05) is 13.1 Å². The minimum Gasteiger partial charge on any atom is -0.468 e. The van der Waals surface area contributed by atoms with Crippen LogP contribution >= 0.6 is 11.6 Å². The van der Waals surface area contributed by atoms with Crippen LogP contribution in [-0.2, 0) is 9.53 Å². The Balaban J connectivity index is 0.00000108. The van der Waals surface area contributed by atoms with Crippen LogP contribution in [0, 0.1) is 11.7 Å². The van der Waals surface area contributed by atoms with Crippen LogP contribution < -0.4 is 15.0 Å².